The van der Waals surface area contributed by atoms with Crippen LogP contribution >= 0.6 is 11.6 Å². The van der Waals surface area contributed by atoms with Crippen LogP contribution in [-0.4, -0.2) is 32.0 Å². The lowest BCUT2D eigenvalue weighted by Gasteiger charge is -2.21. The van der Waals surface area contributed by atoms with E-state index in [0.717, 1.165) is 5.56 Å². The molecule has 0 fully saturated rings. The molecule has 0 heterocycles. The Morgan fingerprint density at radius 3 is 2.35 bits per heavy atom. The van der Waals surface area contributed by atoms with Crippen LogP contribution in [0.1, 0.15) is 18.1 Å². The number of nitrogens with zero attached hydrogens (tertiary/aromatic N) is 1. The van der Waals surface area contributed by atoms with E-state index < -0.39 is 28.5 Å². The van der Waals surface area contributed by atoms with E-state index in [1.807, 2.05) is 0 Å². The molecule has 0 amide bonds. The lowest BCUT2D eigenvalue weighted by atomic mass is 10.2. The molecule has 0 aliphatic rings. The first-order valence-electron chi connectivity index (χ1n) is 5.86. The summed E-state index contributed by atoms with van der Waals surface area (Å²) in [5.41, 5.74) is 1.14. The molecule has 0 radical (unpaired) electrons. The minimum Gasteiger partial charge on any atom is -0.212 e. The van der Waals surface area contributed by atoms with Gasteiger partial charge in [0, 0.05) is 12.4 Å². The quantitative estimate of drug-likeness (QED) is 0.752. The minimum atomic E-state index is -4.55. The van der Waals surface area contributed by atoms with E-state index in [9.17, 15) is 21.6 Å². The van der Waals surface area contributed by atoms with Gasteiger partial charge in [0.15, 0.2) is 0 Å². The Labute approximate surface area is 121 Å². The van der Waals surface area contributed by atoms with Crippen molar-refractivity contribution in [3.05, 3.63) is 35.4 Å². The Kier molecular flexibility index (Phi) is 5.85. The third kappa shape index (κ3) is 5.30. The van der Waals surface area contributed by atoms with E-state index in [0.29, 0.717) is 9.87 Å². The molecule has 0 bridgehead atoms. The molecule has 0 aromatic heterocycles. The third-order valence-corrected chi connectivity index (χ3v) is 4.78. The summed E-state index contributed by atoms with van der Waals surface area (Å²) in [6.07, 6.45) is -4.55. The molecule has 20 heavy (non-hydrogen) atoms. The van der Waals surface area contributed by atoms with E-state index in [4.69, 9.17) is 11.6 Å². The Morgan fingerprint density at radius 1 is 1.25 bits per heavy atom. The monoisotopic (exact) mass is 329 g/mol. The number of benzene rings is 1. The molecule has 0 spiro atoms. The van der Waals surface area contributed by atoms with Crippen molar-refractivity contribution in [1.29, 1.82) is 0 Å². The van der Waals surface area contributed by atoms with E-state index in [-0.39, 0.29) is 12.4 Å². The van der Waals surface area contributed by atoms with Gasteiger partial charge in [-0.05, 0) is 11.1 Å². The molecule has 0 aliphatic carbocycles. The number of halogens is 4. The highest BCUT2D eigenvalue weighted by Gasteiger charge is 2.35. The number of sulfonamides is 1. The fourth-order valence-electron chi connectivity index (χ4n) is 1.71. The van der Waals surface area contributed by atoms with Gasteiger partial charge in [0.1, 0.15) is 6.54 Å². The Bertz CT molecular complexity index is 546. The van der Waals surface area contributed by atoms with Crippen molar-refractivity contribution < 1.29 is 21.6 Å². The van der Waals surface area contributed by atoms with Crippen LogP contribution in [0.15, 0.2) is 24.3 Å². The summed E-state index contributed by atoms with van der Waals surface area (Å²) in [5.74, 6) is -0.254. The van der Waals surface area contributed by atoms with Crippen LogP contribution < -0.4 is 0 Å². The first kappa shape index (κ1) is 17.3. The molecule has 0 N–H and O–H groups in total. The third-order valence-electron chi connectivity index (χ3n) is 2.60. The van der Waals surface area contributed by atoms with Crippen molar-refractivity contribution in [2.75, 3.05) is 13.1 Å². The second kappa shape index (κ2) is 6.78. The number of hydrogen-bond acceptors (Lipinski definition) is 2. The van der Waals surface area contributed by atoms with Gasteiger partial charge < -0.3 is 0 Å². The van der Waals surface area contributed by atoms with Gasteiger partial charge in [-0.15, -0.1) is 11.6 Å². The molecule has 114 valence electrons. The van der Waals surface area contributed by atoms with Gasteiger partial charge in [-0.1, -0.05) is 31.2 Å². The summed E-state index contributed by atoms with van der Waals surface area (Å²) in [5, 5.41) is 0. The van der Waals surface area contributed by atoms with Crippen molar-refractivity contribution in [3.8, 4) is 0 Å². The standard InChI is InChI=1S/C12H15ClF3NO2S/c1-2-17(9-12(14,15)16)20(18,19)8-11-5-3-4-10(6-11)7-13/h3-6H,2,7-9H2,1H3. The molecule has 3 nitrogen and oxygen atoms in total. The first-order chi connectivity index (χ1) is 9.18. The second-order valence-corrected chi connectivity index (χ2v) is 6.49. The van der Waals surface area contributed by atoms with Gasteiger partial charge in [0.2, 0.25) is 10.0 Å². The lowest BCUT2D eigenvalue weighted by molar-refractivity contribution is -0.135. The summed E-state index contributed by atoms with van der Waals surface area (Å²) in [4.78, 5) is 0. The zero-order valence-corrected chi connectivity index (χ0v) is 12.4. The molecular weight excluding hydrogens is 315 g/mol. The smallest absolute Gasteiger partial charge is 0.212 e. The van der Waals surface area contributed by atoms with E-state index in [1.54, 1.807) is 24.3 Å². The van der Waals surface area contributed by atoms with Crippen molar-refractivity contribution in [3.63, 3.8) is 0 Å². The molecule has 0 saturated carbocycles. The van der Waals surface area contributed by atoms with Crippen LogP contribution in [0.4, 0.5) is 13.2 Å². The highest BCUT2D eigenvalue weighted by Crippen LogP contribution is 2.20. The van der Waals surface area contributed by atoms with Crippen LogP contribution in [0.25, 0.3) is 0 Å². The molecule has 8 heteroatoms. The maximum absolute atomic E-state index is 12.4. The highest BCUT2D eigenvalue weighted by atomic mass is 35.5. The second-order valence-electron chi connectivity index (χ2n) is 4.25. The fraction of sp³-hybridized carbons (Fsp3) is 0.500. The Hall–Kier alpha value is -0.790. The zero-order chi connectivity index (χ0) is 15.4. The van der Waals surface area contributed by atoms with Crippen LogP contribution in [0.5, 0.6) is 0 Å². The Balaban J connectivity index is 2.91. The maximum Gasteiger partial charge on any atom is 0.402 e. The maximum atomic E-state index is 12.4. The molecule has 1 rings (SSSR count). The predicted molar refractivity (Wildman–Crippen MR) is 71.9 cm³/mol. The van der Waals surface area contributed by atoms with Crippen LogP contribution in [-0.2, 0) is 21.7 Å². The molecule has 0 aliphatic heterocycles. The van der Waals surface area contributed by atoms with Crippen LogP contribution in [0.2, 0.25) is 0 Å². The Morgan fingerprint density at radius 2 is 1.85 bits per heavy atom. The first-order valence-corrected chi connectivity index (χ1v) is 8.00. The summed E-state index contributed by atoms with van der Waals surface area (Å²) in [6.45, 7) is -0.323. The summed E-state index contributed by atoms with van der Waals surface area (Å²) < 4.78 is 61.5. The highest BCUT2D eigenvalue weighted by molar-refractivity contribution is 7.88. The van der Waals surface area contributed by atoms with Crippen molar-refractivity contribution in [1.82, 2.24) is 4.31 Å². The van der Waals surface area contributed by atoms with E-state index in [2.05, 4.69) is 0 Å². The van der Waals surface area contributed by atoms with Crippen molar-refractivity contribution in [2.45, 2.75) is 24.7 Å². The van der Waals surface area contributed by atoms with Crippen LogP contribution in [0, 0.1) is 0 Å². The number of alkyl halides is 4. The minimum absolute atomic E-state index is 0.216. The molecule has 0 atom stereocenters. The van der Waals surface area contributed by atoms with Crippen LogP contribution in [0.3, 0.4) is 0 Å². The van der Waals surface area contributed by atoms with E-state index >= 15 is 0 Å². The zero-order valence-electron chi connectivity index (χ0n) is 10.8. The van der Waals surface area contributed by atoms with Crippen molar-refractivity contribution in [2.24, 2.45) is 0 Å². The van der Waals surface area contributed by atoms with Gasteiger partial charge in [-0.3, -0.25) is 0 Å². The summed E-state index contributed by atoms with van der Waals surface area (Å²) in [6, 6.07) is 6.47. The normalized spacial score (nSPS) is 12.9. The lowest BCUT2D eigenvalue weighted by Crippen LogP contribution is -2.39. The number of rotatable bonds is 6. The molecule has 1 aromatic carbocycles. The van der Waals surface area contributed by atoms with Crippen molar-refractivity contribution >= 4 is 21.6 Å². The topological polar surface area (TPSA) is 37.4 Å². The van der Waals surface area contributed by atoms with E-state index in [1.165, 1.54) is 6.92 Å². The SMILES string of the molecule is CCN(CC(F)(F)F)S(=O)(=O)Cc1cccc(CCl)c1. The van der Waals surface area contributed by atoms with Gasteiger partial charge in [0.05, 0.1) is 5.75 Å². The molecular formula is C12H15ClF3NO2S. The summed E-state index contributed by atoms with van der Waals surface area (Å²) in [7, 11) is -4.01. The van der Waals surface area contributed by atoms with Gasteiger partial charge in [-0.25, -0.2) is 8.42 Å². The van der Waals surface area contributed by atoms with Gasteiger partial charge in [-0.2, -0.15) is 17.5 Å². The number of hydrogen-bond donors (Lipinski definition) is 0. The fourth-order valence-corrected chi connectivity index (χ4v) is 3.40. The molecule has 1 aromatic rings. The largest absolute Gasteiger partial charge is 0.402 e. The molecule has 0 unspecified atom stereocenters. The van der Waals surface area contributed by atoms with Gasteiger partial charge >= 0.3 is 6.18 Å². The predicted octanol–water partition coefficient (Wildman–Crippen LogP) is 3.14. The summed E-state index contributed by atoms with van der Waals surface area (Å²) >= 11 is 5.64. The molecule has 0 saturated heterocycles. The van der Waals surface area contributed by atoms with Gasteiger partial charge in [0.25, 0.3) is 0 Å². The average molecular weight is 330 g/mol. The average Bonchev–Trinajstić information content (AvgIpc) is 2.34.